The van der Waals surface area contributed by atoms with Crippen LogP contribution in [0.15, 0.2) is 4.99 Å². The van der Waals surface area contributed by atoms with Gasteiger partial charge in [0.1, 0.15) is 0 Å². The van der Waals surface area contributed by atoms with Crippen LogP contribution in [0.25, 0.3) is 0 Å². The van der Waals surface area contributed by atoms with Crippen molar-refractivity contribution in [1.29, 1.82) is 0 Å². The average molecular weight is 174 g/mol. The number of aliphatic imine (C=N–C) groups is 1. The first-order valence-electron chi connectivity index (χ1n) is 3.23. The Morgan fingerprint density at radius 2 is 2.55 bits per heavy atom. The highest BCUT2D eigenvalue weighted by Crippen LogP contribution is 2.11. The number of carbonyl (C=O) groups excluding carboxylic acids is 1. The van der Waals surface area contributed by atoms with E-state index in [0.717, 1.165) is 5.17 Å². The van der Waals surface area contributed by atoms with Crippen LogP contribution >= 0.6 is 11.8 Å². The van der Waals surface area contributed by atoms with Crippen LogP contribution in [0.4, 0.5) is 4.79 Å². The van der Waals surface area contributed by atoms with Crippen LogP contribution in [0.1, 0.15) is 0 Å². The van der Waals surface area contributed by atoms with Crippen molar-refractivity contribution < 1.29 is 9.53 Å². The van der Waals surface area contributed by atoms with E-state index in [9.17, 15) is 4.79 Å². The summed E-state index contributed by atoms with van der Waals surface area (Å²) in [7, 11) is 1.37. The summed E-state index contributed by atoms with van der Waals surface area (Å²) < 4.78 is 4.56. The van der Waals surface area contributed by atoms with Gasteiger partial charge in [0, 0.05) is 0 Å². The molecule has 1 amide bonds. The van der Waals surface area contributed by atoms with Crippen molar-refractivity contribution in [3.05, 3.63) is 0 Å². The number of thioether (sulfide) groups is 1. The van der Waals surface area contributed by atoms with Gasteiger partial charge in [-0.3, -0.25) is 9.89 Å². The molecule has 0 atom stereocenters. The fraction of sp³-hybridized carbons (Fsp3) is 0.667. The Hall–Kier alpha value is -0.710. The standard InChI is InChI=1S/C6H10N2O2S/c1-10-6(9)8-4-3-7-5(8)11-2/h3-4H2,1-2H3. The zero-order valence-electron chi connectivity index (χ0n) is 6.53. The first-order chi connectivity index (χ1) is 5.29. The molecule has 0 radical (unpaired) electrons. The smallest absolute Gasteiger partial charge is 0.415 e. The second-order valence-corrected chi connectivity index (χ2v) is 2.76. The van der Waals surface area contributed by atoms with Crippen LogP contribution in [0.5, 0.6) is 0 Å². The van der Waals surface area contributed by atoms with Crippen molar-refractivity contribution in [2.75, 3.05) is 26.5 Å². The van der Waals surface area contributed by atoms with Crippen molar-refractivity contribution in [1.82, 2.24) is 4.90 Å². The van der Waals surface area contributed by atoms with E-state index >= 15 is 0 Å². The van der Waals surface area contributed by atoms with Gasteiger partial charge >= 0.3 is 6.09 Å². The van der Waals surface area contributed by atoms with Gasteiger partial charge in [-0.2, -0.15) is 0 Å². The Kier molecular flexibility index (Phi) is 2.76. The van der Waals surface area contributed by atoms with Gasteiger partial charge < -0.3 is 4.74 Å². The topological polar surface area (TPSA) is 41.9 Å². The van der Waals surface area contributed by atoms with Crippen molar-refractivity contribution in [3.63, 3.8) is 0 Å². The first kappa shape index (κ1) is 8.39. The third kappa shape index (κ3) is 1.65. The summed E-state index contributed by atoms with van der Waals surface area (Å²) >= 11 is 1.46. The van der Waals surface area contributed by atoms with Crippen LogP contribution in [-0.4, -0.2) is 42.6 Å². The summed E-state index contributed by atoms with van der Waals surface area (Å²) in [5.41, 5.74) is 0. The minimum absolute atomic E-state index is 0.324. The van der Waals surface area contributed by atoms with Crippen LogP contribution in [0.2, 0.25) is 0 Å². The van der Waals surface area contributed by atoms with Gasteiger partial charge in [0.25, 0.3) is 0 Å². The summed E-state index contributed by atoms with van der Waals surface area (Å²) in [6.07, 6.45) is 1.57. The lowest BCUT2D eigenvalue weighted by molar-refractivity contribution is 0.149. The molecule has 0 aromatic heterocycles. The molecular weight excluding hydrogens is 164 g/mol. The Labute approximate surface area is 69.6 Å². The van der Waals surface area contributed by atoms with Crippen LogP contribution in [0, 0.1) is 0 Å². The Balaban J connectivity index is 2.59. The summed E-state index contributed by atoms with van der Waals surface area (Å²) in [5, 5.41) is 0.747. The second-order valence-electron chi connectivity index (χ2n) is 1.99. The summed E-state index contributed by atoms with van der Waals surface area (Å²) in [6.45, 7) is 1.33. The molecule has 1 heterocycles. The fourth-order valence-corrected chi connectivity index (χ4v) is 1.49. The van der Waals surface area contributed by atoms with E-state index in [2.05, 4.69) is 9.73 Å². The maximum atomic E-state index is 11.0. The molecule has 0 bridgehead atoms. The fourth-order valence-electron chi connectivity index (χ4n) is 0.881. The molecule has 0 N–H and O–H groups in total. The van der Waals surface area contributed by atoms with Gasteiger partial charge in [0.15, 0.2) is 5.17 Å². The highest BCUT2D eigenvalue weighted by molar-refractivity contribution is 8.13. The number of carbonyl (C=O) groups is 1. The lowest BCUT2D eigenvalue weighted by Gasteiger charge is -2.13. The Bertz CT molecular complexity index is 193. The monoisotopic (exact) mass is 174 g/mol. The summed E-state index contributed by atoms with van der Waals surface area (Å²) in [5.74, 6) is 0. The number of hydrogen-bond donors (Lipinski definition) is 0. The largest absolute Gasteiger partial charge is 0.452 e. The normalized spacial score (nSPS) is 16.5. The number of hydrogen-bond acceptors (Lipinski definition) is 4. The molecule has 1 aliphatic rings. The van der Waals surface area contributed by atoms with Crippen LogP contribution < -0.4 is 0 Å². The summed E-state index contributed by atoms with van der Waals surface area (Å²) in [6, 6.07) is 0. The molecule has 0 aromatic carbocycles. The maximum Gasteiger partial charge on any atom is 0.415 e. The number of nitrogens with zero attached hydrogens (tertiary/aromatic N) is 2. The average Bonchev–Trinajstić information content (AvgIpc) is 2.50. The van der Waals surface area contributed by atoms with Crippen molar-refractivity contribution in [2.45, 2.75) is 0 Å². The van der Waals surface area contributed by atoms with E-state index in [4.69, 9.17) is 0 Å². The van der Waals surface area contributed by atoms with Crippen molar-refractivity contribution in [2.24, 2.45) is 4.99 Å². The highest BCUT2D eigenvalue weighted by atomic mass is 32.2. The van der Waals surface area contributed by atoms with E-state index in [1.807, 2.05) is 6.26 Å². The first-order valence-corrected chi connectivity index (χ1v) is 4.46. The molecule has 0 saturated carbocycles. The lowest BCUT2D eigenvalue weighted by Crippen LogP contribution is -2.32. The molecule has 1 rings (SSSR count). The van der Waals surface area contributed by atoms with E-state index < -0.39 is 0 Å². The molecule has 0 aliphatic carbocycles. The predicted octanol–water partition coefficient (Wildman–Crippen LogP) is 0.787. The SMILES string of the molecule is COC(=O)N1CCN=C1SC. The zero-order chi connectivity index (χ0) is 8.27. The van der Waals surface area contributed by atoms with Gasteiger partial charge in [-0.1, -0.05) is 11.8 Å². The molecule has 4 nitrogen and oxygen atoms in total. The number of ether oxygens (including phenoxy) is 1. The number of amidine groups is 1. The van der Waals surface area contributed by atoms with Crippen LogP contribution in [-0.2, 0) is 4.74 Å². The zero-order valence-corrected chi connectivity index (χ0v) is 7.35. The molecule has 0 saturated heterocycles. The predicted molar refractivity (Wildman–Crippen MR) is 44.9 cm³/mol. The summed E-state index contributed by atoms with van der Waals surface area (Å²) in [4.78, 5) is 16.6. The molecule has 0 fully saturated rings. The van der Waals surface area contributed by atoms with Gasteiger partial charge in [-0.05, 0) is 6.26 Å². The number of methoxy groups -OCH3 is 1. The molecule has 0 unspecified atom stereocenters. The molecule has 0 spiro atoms. The van der Waals surface area contributed by atoms with E-state index in [1.54, 1.807) is 0 Å². The highest BCUT2D eigenvalue weighted by Gasteiger charge is 2.22. The van der Waals surface area contributed by atoms with Crippen LogP contribution in [0.3, 0.4) is 0 Å². The number of rotatable bonds is 0. The third-order valence-corrected chi connectivity index (χ3v) is 2.09. The third-order valence-electron chi connectivity index (χ3n) is 1.38. The molecule has 0 aromatic rings. The van der Waals surface area contributed by atoms with Gasteiger partial charge in [0.05, 0.1) is 20.2 Å². The van der Waals surface area contributed by atoms with E-state index in [0.29, 0.717) is 13.1 Å². The van der Waals surface area contributed by atoms with Crippen molar-refractivity contribution in [3.8, 4) is 0 Å². The van der Waals surface area contributed by atoms with E-state index in [1.165, 1.54) is 23.8 Å². The van der Waals surface area contributed by atoms with Crippen molar-refractivity contribution >= 4 is 23.0 Å². The molecule has 1 aliphatic heterocycles. The molecular formula is C6H10N2O2S. The Morgan fingerprint density at radius 3 is 3.09 bits per heavy atom. The molecule has 11 heavy (non-hydrogen) atoms. The Morgan fingerprint density at radius 1 is 1.82 bits per heavy atom. The number of amides is 1. The second kappa shape index (κ2) is 3.61. The van der Waals surface area contributed by atoms with E-state index in [-0.39, 0.29) is 6.09 Å². The molecule has 62 valence electrons. The lowest BCUT2D eigenvalue weighted by atomic mass is 10.6. The maximum absolute atomic E-state index is 11.0. The molecule has 5 heteroatoms. The minimum atomic E-state index is -0.324. The quantitative estimate of drug-likeness (QED) is 0.545. The van der Waals surface area contributed by atoms with Gasteiger partial charge in [-0.25, -0.2) is 4.79 Å². The van der Waals surface area contributed by atoms with Gasteiger partial charge in [-0.15, -0.1) is 0 Å². The van der Waals surface area contributed by atoms with Gasteiger partial charge in [0.2, 0.25) is 0 Å². The minimum Gasteiger partial charge on any atom is -0.452 e.